The van der Waals surface area contributed by atoms with Gasteiger partial charge in [0.15, 0.2) is 0 Å². The summed E-state index contributed by atoms with van der Waals surface area (Å²) in [5.74, 6) is 0. The molecule has 3 heteroatoms. The Kier molecular flexibility index (Phi) is 5.00. The van der Waals surface area contributed by atoms with Crippen LogP contribution in [0.15, 0.2) is 41.8 Å². The minimum atomic E-state index is 0.486. The predicted octanol–water partition coefficient (Wildman–Crippen LogP) is 3.88. The van der Waals surface area contributed by atoms with Crippen molar-refractivity contribution in [3.63, 3.8) is 0 Å². The van der Waals surface area contributed by atoms with Crippen molar-refractivity contribution in [3.8, 4) is 0 Å². The van der Waals surface area contributed by atoms with Crippen molar-refractivity contribution >= 4 is 17.0 Å². The van der Waals surface area contributed by atoms with Gasteiger partial charge < -0.3 is 10.2 Å². The molecule has 0 atom stereocenters. The molecule has 1 aromatic heterocycles. The summed E-state index contributed by atoms with van der Waals surface area (Å²) < 4.78 is 0. The molecule has 2 rings (SSSR count). The van der Waals surface area contributed by atoms with E-state index < -0.39 is 0 Å². The van der Waals surface area contributed by atoms with Crippen molar-refractivity contribution in [2.45, 2.75) is 33.0 Å². The number of thiophene rings is 1. The van der Waals surface area contributed by atoms with Crippen LogP contribution in [0.2, 0.25) is 0 Å². The number of nitrogens with zero attached hydrogens (tertiary/aromatic N) is 1. The molecule has 0 saturated heterocycles. The zero-order valence-corrected chi connectivity index (χ0v) is 12.7. The van der Waals surface area contributed by atoms with E-state index in [1.54, 1.807) is 0 Å². The van der Waals surface area contributed by atoms with E-state index in [-0.39, 0.29) is 0 Å². The van der Waals surface area contributed by atoms with Crippen LogP contribution in [0.5, 0.6) is 0 Å². The molecule has 0 saturated carbocycles. The van der Waals surface area contributed by atoms with Crippen LogP contribution in [0, 0.1) is 0 Å². The van der Waals surface area contributed by atoms with E-state index >= 15 is 0 Å². The third kappa shape index (κ3) is 3.58. The van der Waals surface area contributed by atoms with Gasteiger partial charge in [0.1, 0.15) is 0 Å². The smallest absolute Gasteiger partial charge is 0.0525 e. The molecule has 1 heterocycles. The molecule has 0 radical (unpaired) electrons. The maximum absolute atomic E-state index is 3.25. The van der Waals surface area contributed by atoms with Gasteiger partial charge in [0.2, 0.25) is 0 Å². The Bertz CT molecular complexity index is 491. The van der Waals surface area contributed by atoms with Gasteiger partial charge in [-0.15, -0.1) is 11.3 Å². The van der Waals surface area contributed by atoms with E-state index in [2.05, 4.69) is 65.8 Å². The Hall–Kier alpha value is -1.32. The lowest BCUT2D eigenvalue weighted by Crippen LogP contribution is -2.31. The molecule has 0 spiro atoms. The maximum Gasteiger partial charge on any atom is 0.0525 e. The van der Waals surface area contributed by atoms with E-state index in [0.29, 0.717) is 6.04 Å². The molecule has 0 unspecified atom stereocenters. The van der Waals surface area contributed by atoms with Gasteiger partial charge in [-0.3, -0.25) is 0 Å². The topological polar surface area (TPSA) is 15.3 Å². The minimum Gasteiger partial charge on any atom is -0.364 e. The van der Waals surface area contributed by atoms with Crippen molar-refractivity contribution < 1.29 is 0 Å². The van der Waals surface area contributed by atoms with Gasteiger partial charge in [-0.05, 0) is 44.0 Å². The summed E-state index contributed by atoms with van der Waals surface area (Å²) in [4.78, 5) is 3.88. The Morgan fingerprint density at radius 1 is 1.16 bits per heavy atom. The lowest BCUT2D eigenvalue weighted by Gasteiger charge is -2.30. The first kappa shape index (κ1) is 14.1. The van der Waals surface area contributed by atoms with Gasteiger partial charge in [-0.1, -0.05) is 24.3 Å². The summed E-state index contributed by atoms with van der Waals surface area (Å²) in [6.07, 6.45) is 0. The van der Waals surface area contributed by atoms with Crippen LogP contribution >= 0.6 is 11.3 Å². The fraction of sp³-hybridized carbons (Fsp3) is 0.375. The van der Waals surface area contributed by atoms with Crippen LogP contribution in [0.3, 0.4) is 0 Å². The van der Waals surface area contributed by atoms with Crippen molar-refractivity contribution in [3.05, 3.63) is 52.2 Å². The molecule has 0 fully saturated rings. The molecule has 2 aromatic rings. The molecule has 1 aromatic carbocycles. The molecular weight excluding hydrogens is 252 g/mol. The molecule has 0 bridgehead atoms. The molecular formula is C16H22N2S. The van der Waals surface area contributed by atoms with Crippen molar-refractivity contribution in [1.82, 2.24) is 5.32 Å². The first-order chi connectivity index (χ1) is 9.22. The number of para-hydroxylation sites is 1. The zero-order valence-electron chi connectivity index (χ0n) is 11.9. The molecule has 1 N–H and O–H groups in total. The quantitative estimate of drug-likeness (QED) is 0.860. The van der Waals surface area contributed by atoms with Crippen LogP contribution in [-0.2, 0) is 13.1 Å². The van der Waals surface area contributed by atoms with Gasteiger partial charge in [0.25, 0.3) is 0 Å². The lowest BCUT2D eigenvalue weighted by atomic mass is 10.1. The molecule has 0 amide bonds. The number of rotatable bonds is 6. The van der Waals surface area contributed by atoms with E-state index in [4.69, 9.17) is 0 Å². The zero-order chi connectivity index (χ0) is 13.7. The average Bonchev–Trinajstić information content (AvgIpc) is 2.90. The Balaban J connectivity index is 2.28. The Labute approximate surface area is 120 Å². The number of anilines is 1. The molecule has 102 valence electrons. The van der Waals surface area contributed by atoms with E-state index in [1.807, 2.05) is 18.4 Å². The SMILES string of the molecule is CNCc1ccccc1N(Cc1cccs1)C(C)C. The van der Waals surface area contributed by atoms with Gasteiger partial charge in [-0.25, -0.2) is 0 Å². The van der Waals surface area contributed by atoms with Gasteiger partial charge in [-0.2, -0.15) is 0 Å². The number of benzene rings is 1. The third-order valence-corrected chi connectivity index (χ3v) is 4.06. The van der Waals surface area contributed by atoms with Crippen molar-refractivity contribution in [1.29, 1.82) is 0 Å². The minimum absolute atomic E-state index is 0.486. The normalized spacial score (nSPS) is 10.9. The molecule has 0 aliphatic carbocycles. The monoisotopic (exact) mass is 274 g/mol. The highest BCUT2D eigenvalue weighted by Crippen LogP contribution is 2.25. The van der Waals surface area contributed by atoms with Gasteiger partial charge >= 0.3 is 0 Å². The third-order valence-electron chi connectivity index (χ3n) is 3.20. The highest BCUT2D eigenvalue weighted by Gasteiger charge is 2.14. The van der Waals surface area contributed by atoms with Gasteiger partial charge in [0, 0.05) is 23.2 Å². The highest BCUT2D eigenvalue weighted by atomic mass is 32.1. The maximum atomic E-state index is 3.25. The number of hydrogen-bond donors (Lipinski definition) is 1. The second kappa shape index (κ2) is 6.73. The number of nitrogens with one attached hydrogen (secondary N) is 1. The molecule has 19 heavy (non-hydrogen) atoms. The summed E-state index contributed by atoms with van der Waals surface area (Å²) in [6.45, 7) is 6.40. The Morgan fingerprint density at radius 3 is 2.58 bits per heavy atom. The highest BCUT2D eigenvalue weighted by molar-refractivity contribution is 7.09. The second-order valence-corrected chi connectivity index (χ2v) is 5.99. The molecule has 0 aliphatic heterocycles. The van der Waals surface area contributed by atoms with Gasteiger partial charge in [0.05, 0.1) is 6.54 Å². The fourth-order valence-corrected chi connectivity index (χ4v) is 2.95. The summed E-state index contributed by atoms with van der Waals surface area (Å²) in [6, 6.07) is 13.5. The summed E-state index contributed by atoms with van der Waals surface area (Å²) in [7, 11) is 2.00. The van der Waals surface area contributed by atoms with Crippen LogP contribution in [0.4, 0.5) is 5.69 Å². The molecule has 2 nitrogen and oxygen atoms in total. The van der Waals surface area contributed by atoms with Crippen molar-refractivity contribution in [2.24, 2.45) is 0 Å². The van der Waals surface area contributed by atoms with E-state index in [9.17, 15) is 0 Å². The largest absolute Gasteiger partial charge is 0.364 e. The Morgan fingerprint density at radius 2 is 1.95 bits per heavy atom. The first-order valence-electron chi connectivity index (χ1n) is 6.74. The van der Waals surface area contributed by atoms with Crippen LogP contribution in [0.25, 0.3) is 0 Å². The predicted molar refractivity (Wildman–Crippen MR) is 84.8 cm³/mol. The summed E-state index contributed by atoms with van der Waals surface area (Å²) in [5.41, 5.74) is 2.69. The van der Waals surface area contributed by atoms with Crippen LogP contribution in [-0.4, -0.2) is 13.1 Å². The number of hydrogen-bond acceptors (Lipinski definition) is 3. The standard InChI is InChI=1S/C16H22N2S/c1-13(2)18(12-15-8-6-10-19-15)16-9-5-4-7-14(16)11-17-3/h4-10,13,17H,11-12H2,1-3H3. The van der Waals surface area contributed by atoms with Crippen LogP contribution in [0.1, 0.15) is 24.3 Å². The lowest BCUT2D eigenvalue weighted by molar-refractivity contribution is 0.679. The van der Waals surface area contributed by atoms with Crippen molar-refractivity contribution in [2.75, 3.05) is 11.9 Å². The fourth-order valence-electron chi connectivity index (χ4n) is 2.25. The molecule has 0 aliphatic rings. The average molecular weight is 274 g/mol. The first-order valence-corrected chi connectivity index (χ1v) is 7.62. The second-order valence-electron chi connectivity index (χ2n) is 4.96. The summed E-state index contributed by atoms with van der Waals surface area (Å²) >= 11 is 1.83. The van der Waals surface area contributed by atoms with E-state index in [1.165, 1.54) is 16.1 Å². The summed E-state index contributed by atoms with van der Waals surface area (Å²) in [5, 5.41) is 5.40. The van der Waals surface area contributed by atoms with Crippen LogP contribution < -0.4 is 10.2 Å². The van der Waals surface area contributed by atoms with E-state index in [0.717, 1.165) is 13.1 Å².